The first-order valence-electron chi connectivity index (χ1n) is 7.74. The summed E-state index contributed by atoms with van der Waals surface area (Å²) in [7, 11) is 1.53. The van der Waals surface area contributed by atoms with Gasteiger partial charge in [0.2, 0.25) is 0 Å². The number of carbonyl (C=O) groups is 2. The number of nitrogens with one attached hydrogen (secondary N) is 1. The summed E-state index contributed by atoms with van der Waals surface area (Å²) in [6.07, 6.45) is -1.88. The maximum atomic E-state index is 12.6. The zero-order valence-corrected chi connectivity index (χ0v) is 14.2. The molecule has 0 bridgehead atoms. The highest BCUT2D eigenvalue weighted by atomic mass is 19.4. The zero-order valence-electron chi connectivity index (χ0n) is 14.2. The van der Waals surface area contributed by atoms with E-state index >= 15 is 0 Å². The third-order valence-electron chi connectivity index (χ3n) is 3.35. The molecular weight excluding hydrogens is 363 g/mol. The lowest BCUT2D eigenvalue weighted by molar-refractivity contribution is -0.142. The van der Waals surface area contributed by atoms with Crippen molar-refractivity contribution in [3.8, 4) is 5.75 Å². The minimum Gasteiger partial charge on any atom is -0.497 e. The largest absolute Gasteiger partial charge is 0.497 e. The Bertz CT molecular complexity index is 830. The van der Waals surface area contributed by atoms with E-state index in [1.165, 1.54) is 25.3 Å². The van der Waals surface area contributed by atoms with Gasteiger partial charge in [0.25, 0.3) is 5.91 Å². The fourth-order valence-corrected chi connectivity index (χ4v) is 2.03. The standard InChI is InChI=1S/C19H16F3NO4/c1-26-16-8-5-13(6-9-16)7-10-18(25)27-12-17(24)23-15-4-2-3-14(11-15)19(20,21)22/h2-11H,12H2,1H3,(H,23,24)/b10-7+. The fourth-order valence-electron chi connectivity index (χ4n) is 2.03. The van der Waals surface area contributed by atoms with Crippen LogP contribution in [0.1, 0.15) is 11.1 Å². The van der Waals surface area contributed by atoms with E-state index in [2.05, 4.69) is 5.32 Å². The van der Waals surface area contributed by atoms with Crippen LogP contribution in [-0.4, -0.2) is 25.6 Å². The van der Waals surface area contributed by atoms with Crippen LogP contribution in [0.5, 0.6) is 5.75 Å². The predicted molar refractivity (Wildman–Crippen MR) is 93.1 cm³/mol. The number of amides is 1. The molecule has 0 saturated carbocycles. The van der Waals surface area contributed by atoms with Crippen LogP contribution >= 0.6 is 0 Å². The van der Waals surface area contributed by atoms with Crippen molar-refractivity contribution < 1.29 is 32.2 Å². The van der Waals surface area contributed by atoms with Gasteiger partial charge >= 0.3 is 12.1 Å². The second-order valence-electron chi connectivity index (χ2n) is 5.34. The summed E-state index contributed by atoms with van der Waals surface area (Å²) in [5, 5.41) is 2.24. The van der Waals surface area contributed by atoms with Gasteiger partial charge in [0.05, 0.1) is 12.7 Å². The monoisotopic (exact) mass is 379 g/mol. The molecular formula is C19H16F3NO4. The molecule has 1 amide bonds. The summed E-state index contributed by atoms with van der Waals surface area (Å²) in [5.41, 5.74) is -0.208. The number of anilines is 1. The molecule has 0 radical (unpaired) electrons. The Hall–Kier alpha value is -3.29. The number of hydrogen-bond donors (Lipinski definition) is 1. The van der Waals surface area contributed by atoms with Crippen LogP contribution in [0.2, 0.25) is 0 Å². The fraction of sp³-hybridized carbons (Fsp3) is 0.158. The van der Waals surface area contributed by atoms with E-state index < -0.39 is 30.2 Å². The summed E-state index contributed by atoms with van der Waals surface area (Å²) >= 11 is 0. The van der Waals surface area contributed by atoms with E-state index in [-0.39, 0.29) is 5.69 Å². The number of rotatable bonds is 6. The number of halogens is 3. The van der Waals surface area contributed by atoms with Crippen molar-refractivity contribution >= 4 is 23.6 Å². The molecule has 0 aliphatic rings. The molecule has 2 rings (SSSR count). The molecule has 27 heavy (non-hydrogen) atoms. The smallest absolute Gasteiger partial charge is 0.416 e. The van der Waals surface area contributed by atoms with E-state index in [0.29, 0.717) is 5.75 Å². The van der Waals surface area contributed by atoms with Gasteiger partial charge in [0.1, 0.15) is 5.75 Å². The van der Waals surface area contributed by atoms with E-state index in [4.69, 9.17) is 9.47 Å². The molecule has 0 aliphatic carbocycles. The minimum absolute atomic E-state index is 0.0420. The van der Waals surface area contributed by atoms with Gasteiger partial charge in [0.15, 0.2) is 6.61 Å². The van der Waals surface area contributed by atoms with E-state index in [9.17, 15) is 22.8 Å². The molecule has 2 aromatic carbocycles. The second kappa shape index (κ2) is 8.88. The van der Waals surface area contributed by atoms with Crippen molar-refractivity contribution in [1.82, 2.24) is 0 Å². The summed E-state index contributed by atoms with van der Waals surface area (Å²) in [5.74, 6) is -0.841. The Morgan fingerprint density at radius 1 is 1.11 bits per heavy atom. The van der Waals surface area contributed by atoms with Gasteiger partial charge in [-0.2, -0.15) is 13.2 Å². The normalized spacial score (nSPS) is 11.3. The van der Waals surface area contributed by atoms with Crippen molar-refractivity contribution in [2.45, 2.75) is 6.18 Å². The molecule has 0 aliphatic heterocycles. The molecule has 8 heteroatoms. The van der Waals surface area contributed by atoms with Crippen molar-refractivity contribution in [1.29, 1.82) is 0 Å². The van der Waals surface area contributed by atoms with Crippen molar-refractivity contribution in [3.63, 3.8) is 0 Å². The van der Waals surface area contributed by atoms with Crippen LogP contribution in [0.15, 0.2) is 54.6 Å². The van der Waals surface area contributed by atoms with Gasteiger partial charge in [0, 0.05) is 11.8 Å². The van der Waals surface area contributed by atoms with E-state index in [1.807, 2.05) is 0 Å². The molecule has 0 spiro atoms. The van der Waals surface area contributed by atoms with Gasteiger partial charge < -0.3 is 14.8 Å². The summed E-state index contributed by atoms with van der Waals surface area (Å²) in [4.78, 5) is 23.3. The Morgan fingerprint density at radius 3 is 2.44 bits per heavy atom. The van der Waals surface area contributed by atoms with Crippen LogP contribution < -0.4 is 10.1 Å². The molecule has 0 unspecified atom stereocenters. The first-order valence-corrected chi connectivity index (χ1v) is 7.74. The van der Waals surface area contributed by atoms with Crippen molar-refractivity contribution in [2.24, 2.45) is 0 Å². The molecule has 0 fully saturated rings. The summed E-state index contributed by atoms with van der Waals surface area (Å²) in [6, 6.07) is 11.0. The molecule has 0 heterocycles. The Kier molecular flexibility index (Phi) is 6.59. The summed E-state index contributed by atoms with van der Waals surface area (Å²) in [6.45, 7) is -0.623. The quantitative estimate of drug-likeness (QED) is 0.611. The molecule has 5 nitrogen and oxygen atoms in total. The lowest BCUT2D eigenvalue weighted by atomic mass is 10.2. The number of benzene rings is 2. The number of carbonyl (C=O) groups excluding carboxylic acids is 2. The van der Waals surface area contributed by atoms with Gasteiger partial charge in [-0.25, -0.2) is 4.79 Å². The number of esters is 1. The average molecular weight is 379 g/mol. The highest BCUT2D eigenvalue weighted by molar-refractivity contribution is 5.94. The Morgan fingerprint density at radius 2 is 1.81 bits per heavy atom. The average Bonchev–Trinajstić information content (AvgIpc) is 2.64. The first-order chi connectivity index (χ1) is 12.8. The molecule has 142 valence electrons. The Balaban J connectivity index is 1.84. The number of methoxy groups -OCH3 is 1. The van der Waals surface area contributed by atoms with Crippen molar-refractivity contribution in [3.05, 3.63) is 65.7 Å². The lowest BCUT2D eigenvalue weighted by Gasteiger charge is -2.09. The maximum Gasteiger partial charge on any atom is 0.416 e. The van der Waals surface area contributed by atoms with Gasteiger partial charge in [-0.3, -0.25) is 4.79 Å². The SMILES string of the molecule is COc1ccc(/C=C/C(=O)OCC(=O)Nc2cccc(C(F)(F)F)c2)cc1. The zero-order chi connectivity index (χ0) is 19.9. The lowest BCUT2D eigenvalue weighted by Crippen LogP contribution is -2.20. The maximum absolute atomic E-state index is 12.6. The first kappa shape index (κ1) is 20.0. The van der Waals surface area contributed by atoms with Crippen LogP contribution in [0.25, 0.3) is 6.08 Å². The number of alkyl halides is 3. The molecule has 0 atom stereocenters. The van der Waals surface area contributed by atoms with Gasteiger partial charge in [-0.05, 0) is 42.0 Å². The van der Waals surface area contributed by atoms with Crippen LogP contribution in [-0.2, 0) is 20.5 Å². The number of hydrogen-bond acceptors (Lipinski definition) is 4. The Labute approximate surface area is 153 Å². The van der Waals surface area contributed by atoms with Crippen LogP contribution in [0.4, 0.5) is 18.9 Å². The minimum atomic E-state index is -4.51. The van der Waals surface area contributed by atoms with Crippen molar-refractivity contribution in [2.75, 3.05) is 19.0 Å². The van der Waals surface area contributed by atoms with E-state index in [1.54, 1.807) is 24.3 Å². The molecule has 0 aromatic heterocycles. The highest BCUT2D eigenvalue weighted by Crippen LogP contribution is 2.30. The van der Waals surface area contributed by atoms with Gasteiger partial charge in [-0.1, -0.05) is 18.2 Å². The predicted octanol–water partition coefficient (Wildman–Crippen LogP) is 3.91. The third-order valence-corrected chi connectivity index (χ3v) is 3.35. The molecule has 2 aromatic rings. The van der Waals surface area contributed by atoms with Crippen LogP contribution in [0.3, 0.4) is 0 Å². The van der Waals surface area contributed by atoms with Gasteiger partial charge in [-0.15, -0.1) is 0 Å². The second-order valence-corrected chi connectivity index (χ2v) is 5.34. The molecule has 0 saturated heterocycles. The highest BCUT2D eigenvalue weighted by Gasteiger charge is 2.30. The number of ether oxygens (including phenoxy) is 2. The topological polar surface area (TPSA) is 64.6 Å². The van der Waals surface area contributed by atoms with Crippen LogP contribution in [0, 0.1) is 0 Å². The molecule has 1 N–H and O–H groups in total. The third kappa shape index (κ3) is 6.50. The summed E-state index contributed by atoms with van der Waals surface area (Å²) < 4.78 is 47.7. The van der Waals surface area contributed by atoms with E-state index in [0.717, 1.165) is 23.8 Å².